The van der Waals surface area contributed by atoms with Crippen LogP contribution in [0.5, 0.6) is 0 Å². The summed E-state index contributed by atoms with van der Waals surface area (Å²) in [5, 5.41) is 0. The lowest BCUT2D eigenvalue weighted by molar-refractivity contribution is 0.0982. The first kappa shape index (κ1) is 15.5. The Balaban J connectivity index is 2.13. The highest BCUT2D eigenvalue weighted by Crippen LogP contribution is 2.21. The summed E-state index contributed by atoms with van der Waals surface area (Å²) in [6.07, 6.45) is 1.52. The van der Waals surface area contributed by atoms with Gasteiger partial charge in [-0.15, -0.1) is 0 Å². The molecule has 0 fully saturated rings. The Morgan fingerprint density at radius 1 is 0.905 bits per heavy atom. The number of rotatable bonds is 6. The summed E-state index contributed by atoms with van der Waals surface area (Å²) in [6, 6.07) is 16.5. The minimum atomic E-state index is 0.227. The Labute approximate surface area is 127 Å². The molecule has 2 aromatic rings. The molecule has 0 bridgehead atoms. The van der Waals surface area contributed by atoms with Gasteiger partial charge in [0.25, 0.3) is 0 Å². The lowest BCUT2D eigenvalue weighted by atomic mass is 10.00. The second kappa shape index (κ2) is 7.19. The highest BCUT2D eigenvalue weighted by Gasteiger charge is 2.05. The van der Waals surface area contributed by atoms with Crippen molar-refractivity contribution >= 4 is 5.78 Å². The molecule has 0 radical (unpaired) electrons. The van der Waals surface area contributed by atoms with E-state index in [0.717, 1.165) is 24.1 Å². The van der Waals surface area contributed by atoms with E-state index in [-0.39, 0.29) is 5.78 Å². The molecule has 2 aromatic carbocycles. The topological polar surface area (TPSA) is 20.3 Å². The third kappa shape index (κ3) is 4.27. The molecule has 110 valence electrons. The summed E-state index contributed by atoms with van der Waals surface area (Å²) in [5.74, 6) is 0.227. The monoisotopic (exact) mass is 281 g/mol. The normalized spacial score (nSPS) is 10.9. The van der Waals surface area contributed by atoms with E-state index in [4.69, 9.17) is 0 Å². The van der Waals surface area contributed by atoms with Crippen LogP contribution in [0, 0.1) is 0 Å². The SMILES string of the molecule is CCCC(=O)c1ccc(-c2ccc(CN(C)C)cc2)cc1. The maximum atomic E-state index is 11.8. The second-order valence-corrected chi connectivity index (χ2v) is 5.69. The van der Waals surface area contributed by atoms with E-state index < -0.39 is 0 Å². The number of Topliss-reactive ketones (excluding diaryl/α,β-unsaturated/α-hetero) is 1. The number of nitrogens with zero attached hydrogens (tertiary/aromatic N) is 1. The fourth-order valence-electron chi connectivity index (χ4n) is 2.39. The van der Waals surface area contributed by atoms with E-state index in [9.17, 15) is 4.79 Å². The van der Waals surface area contributed by atoms with E-state index >= 15 is 0 Å². The van der Waals surface area contributed by atoms with E-state index in [1.807, 2.05) is 31.2 Å². The smallest absolute Gasteiger partial charge is 0.162 e. The van der Waals surface area contributed by atoms with Crippen LogP contribution in [0.2, 0.25) is 0 Å². The highest BCUT2D eigenvalue weighted by molar-refractivity contribution is 5.96. The Kier molecular flexibility index (Phi) is 5.29. The van der Waals surface area contributed by atoms with Gasteiger partial charge in [-0.25, -0.2) is 0 Å². The number of carbonyl (C=O) groups excluding carboxylic acids is 1. The third-order valence-electron chi connectivity index (χ3n) is 3.47. The Hall–Kier alpha value is -1.93. The predicted octanol–water partition coefficient (Wildman–Crippen LogP) is 4.40. The molecule has 0 aliphatic carbocycles. The van der Waals surface area contributed by atoms with Gasteiger partial charge in [0, 0.05) is 18.5 Å². The largest absolute Gasteiger partial charge is 0.305 e. The van der Waals surface area contributed by atoms with Crippen molar-refractivity contribution < 1.29 is 4.79 Å². The van der Waals surface area contributed by atoms with Gasteiger partial charge in [0.1, 0.15) is 0 Å². The average Bonchev–Trinajstić information content (AvgIpc) is 2.48. The summed E-state index contributed by atoms with van der Waals surface area (Å²) in [5.41, 5.74) is 4.45. The van der Waals surface area contributed by atoms with E-state index in [0.29, 0.717) is 6.42 Å². The fourth-order valence-corrected chi connectivity index (χ4v) is 2.39. The molecule has 0 saturated carbocycles. The van der Waals surface area contributed by atoms with Crippen molar-refractivity contribution in [2.24, 2.45) is 0 Å². The van der Waals surface area contributed by atoms with Crippen LogP contribution in [0.3, 0.4) is 0 Å². The van der Waals surface area contributed by atoms with Gasteiger partial charge in [-0.05, 0) is 37.2 Å². The summed E-state index contributed by atoms with van der Waals surface area (Å²) >= 11 is 0. The van der Waals surface area contributed by atoms with Gasteiger partial charge in [0.15, 0.2) is 5.78 Å². The lowest BCUT2D eigenvalue weighted by Crippen LogP contribution is -2.10. The van der Waals surface area contributed by atoms with Crippen LogP contribution in [0.4, 0.5) is 0 Å². The Morgan fingerprint density at radius 3 is 1.90 bits per heavy atom. The number of carbonyl (C=O) groups is 1. The molecule has 21 heavy (non-hydrogen) atoms. The van der Waals surface area contributed by atoms with Crippen molar-refractivity contribution in [1.29, 1.82) is 0 Å². The molecule has 0 aliphatic rings. The van der Waals surface area contributed by atoms with Crippen molar-refractivity contribution in [2.75, 3.05) is 14.1 Å². The van der Waals surface area contributed by atoms with Crippen molar-refractivity contribution in [3.63, 3.8) is 0 Å². The number of hydrogen-bond donors (Lipinski definition) is 0. The van der Waals surface area contributed by atoms with Gasteiger partial charge in [-0.2, -0.15) is 0 Å². The van der Waals surface area contributed by atoms with E-state index in [2.05, 4.69) is 43.3 Å². The molecule has 0 atom stereocenters. The lowest BCUT2D eigenvalue weighted by Gasteiger charge is -2.10. The van der Waals surface area contributed by atoms with Crippen LogP contribution >= 0.6 is 0 Å². The van der Waals surface area contributed by atoms with Crippen molar-refractivity contribution in [1.82, 2.24) is 4.90 Å². The van der Waals surface area contributed by atoms with Crippen LogP contribution in [0.15, 0.2) is 48.5 Å². The standard InChI is InChI=1S/C19H23NO/c1-4-5-19(21)18-12-10-17(11-13-18)16-8-6-15(7-9-16)14-20(2)3/h6-13H,4-5,14H2,1-3H3. The third-order valence-corrected chi connectivity index (χ3v) is 3.47. The first-order valence-corrected chi connectivity index (χ1v) is 7.47. The minimum Gasteiger partial charge on any atom is -0.305 e. The van der Waals surface area contributed by atoms with Crippen LogP contribution in [-0.2, 0) is 6.54 Å². The van der Waals surface area contributed by atoms with Crippen molar-refractivity contribution in [2.45, 2.75) is 26.3 Å². The average molecular weight is 281 g/mol. The van der Waals surface area contributed by atoms with Crippen LogP contribution < -0.4 is 0 Å². The van der Waals surface area contributed by atoms with Crippen LogP contribution in [-0.4, -0.2) is 24.8 Å². The molecule has 0 unspecified atom stereocenters. The fraction of sp³-hybridized carbons (Fsp3) is 0.316. The molecule has 2 heteroatoms. The molecule has 0 heterocycles. The number of ketones is 1. The summed E-state index contributed by atoms with van der Waals surface area (Å²) < 4.78 is 0. The molecule has 2 rings (SSSR count). The molecule has 0 spiro atoms. The molecule has 0 amide bonds. The van der Waals surface area contributed by atoms with Gasteiger partial charge < -0.3 is 4.90 Å². The van der Waals surface area contributed by atoms with Gasteiger partial charge >= 0.3 is 0 Å². The zero-order chi connectivity index (χ0) is 15.2. The van der Waals surface area contributed by atoms with Gasteiger partial charge in [-0.1, -0.05) is 55.5 Å². The van der Waals surface area contributed by atoms with Crippen LogP contribution in [0.25, 0.3) is 11.1 Å². The summed E-state index contributed by atoms with van der Waals surface area (Å²) in [6.45, 7) is 2.98. The number of hydrogen-bond acceptors (Lipinski definition) is 2. The minimum absolute atomic E-state index is 0.227. The predicted molar refractivity (Wildman–Crippen MR) is 88.5 cm³/mol. The second-order valence-electron chi connectivity index (χ2n) is 5.69. The summed E-state index contributed by atoms with van der Waals surface area (Å²) in [7, 11) is 4.14. The van der Waals surface area contributed by atoms with Crippen molar-refractivity contribution in [3.05, 3.63) is 59.7 Å². The van der Waals surface area contributed by atoms with Crippen molar-refractivity contribution in [3.8, 4) is 11.1 Å². The molecule has 0 aliphatic heterocycles. The quantitative estimate of drug-likeness (QED) is 0.732. The molecule has 0 N–H and O–H groups in total. The van der Waals surface area contributed by atoms with E-state index in [1.54, 1.807) is 0 Å². The Bertz CT molecular complexity index is 582. The van der Waals surface area contributed by atoms with Crippen LogP contribution in [0.1, 0.15) is 35.7 Å². The molecule has 2 nitrogen and oxygen atoms in total. The van der Waals surface area contributed by atoms with Gasteiger partial charge in [0.2, 0.25) is 0 Å². The maximum Gasteiger partial charge on any atom is 0.162 e. The first-order valence-electron chi connectivity index (χ1n) is 7.47. The maximum absolute atomic E-state index is 11.8. The first-order chi connectivity index (χ1) is 10.1. The Morgan fingerprint density at radius 2 is 1.43 bits per heavy atom. The zero-order valence-corrected chi connectivity index (χ0v) is 13.1. The molecule has 0 saturated heterocycles. The molecule has 0 aromatic heterocycles. The zero-order valence-electron chi connectivity index (χ0n) is 13.1. The molecular formula is C19H23NO. The summed E-state index contributed by atoms with van der Waals surface area (Å²) in [4.78, 5) is 14.0. The van der Waals surface area contributed by atoms with Gasteiger partial charge in [-0.3, -0.25) is 4.79 Å². The van der Waals surface area contributed by atoms with Gasteiger partial charge in [0.05, 0.1) is 0 Å². The number of benzene rings is 2. The van der Waals surface area contributed by atoms with E-state index in [1.165, 1.54) is 11.1 Å². The highest BCUT2D eigenvalue weighted by atomic mass is 16.1. The molecular weight excluding hydrogens is 258 g/mol.